The van der Waals surface area contributed by atoms with Gasteiger partial charge in [0, 0.05) is 37.9 Å². The number of aliphatic hydroxyl groups is 1. The van der Waals surface area contributed by atoms with Gasteiger partial charge in [-0.3, -0.25) is 0 Å². The van der Waals surface area contributed by atoms with Crippen LogP contribution >= 0.6 is 0 Å². The van der Waals surface area contributed by atoms with Gasteiger partial charge in [0.2, 0.25) is 0 Å². The van der Waals surface area contributed by atoms with Crippen LogP contribution in [0.25, 0.3) is 0 Å². The van der Waals surface area contributed by atoms with Crippen LogP contribution < -0.4 is 4.90 Å². The van der Waals surface area contributed by atoms with Gasteiger partial charge in [0.05, 0.1) is 6.26 Å². The molecule has 1 aliphatic heterocycles. The topological polar surface area (TPSA) is 71.6 Å². The number of aryl methyl sites for hydroxylation is 1. The summed E-state index contributed by atoms with van der Waals surface area (Å²) < 4.78 is 10.6. The van der Waals surface area contributed by atoms with Crippen molar-refractivity contribution in [2.24, 2.45) is 0 Å². The predicted octanol–water partition coefficient (Wildman–Crippen LogP) is 3.40. The van der Waals surface area contributed by atoms with Crippen LogP contribution in [0.5, 0.6) is 0 Å². The second-order valence-corrected chi connectivity index (χ2v) is 6.68. The number of methoxy groups -OCH3 is 1. The van der Waals surface area contributed by atoms with Crippen molar-refractivity contribution in [3.8, 4) is 0 Å². The number of aliphatic hydroxyl groups excluding tert-OH is 1. The Morgan fingerprint density at radius 2 is 2.24 bits per heavy atom. The summed E-state index contributed by atoms with van der Waals surface area (Å²) in [7, 11) is 1.65. The molecule has 0 bridgehead atoms. The molecule has 3 heterocycles. The van der Waals surface area contributed by atoms with E-state index in [1.54, 1.807) is 13.4 Å². The third-order valence-corrected chi connectivity index (χ3v) is 4.70. The van der Waals surface area contributed by atoms with E-state index in [4.69, 9.17) is 14.1 Å². The van der Waals surface area contributed by atoms with Crippen LogP contribution in [0.1, 0.15) is 55.5 Å². The predicted molar refractivity (Wildman–Crippen MR) is 95.4 cm³/mol. The number of furan rings is 1. The lowest BCUT2D eigenvalue weighted by Gasteiger charge is -2.32. The summed E-state index contributed by atoms with van der Waals surface area (Å²) in [6.07, 6.45) is 6.20. The molecule has 6 nitrogen and oxygen atoms in total. The van der Waals surface area contributed by atoms with Gasteiger partial charge in [-0.2, -0.15) is 0 Å². The lowest BCUT2D eigenvalue weighted by Crippen LogP contribution is -2.37. The van der Waals surface area contributed by atoms with E-state index in [0.717, 1.165) is 30.9 Å². The Labute approximate surface area is 148 Å². The minimum Gasteiger partial charge on any atom is -0.467 e. The van der Waals surface area contributed by atoms with Crippen LogP contribution in [0.15, 0.2) is 28.9 Å². The smallest absolute Gasteiger partial charge is 0.156 e. The first-order valence-electron chi connectivity index (χ1n) is 8.99. The van der Waals surface area contributed by atoms with Crippen molar-refractivity contribution in [2.75, 3.05) is 18.6 Å². The van der Waals surface area contributed by atoms with E-state index in [0.29, 0.717) is 24.6 Å². The fraction of sp³-hybridized carbons (Fsp3) is 0.579. The third kappa shape index (κ3) is 4.58. The number of anilines is 1. The van der Waals surface area contributed by atoms with Crippen LogP contribution in [0.2, 0.25) is 0 Å². The summed E-state index contributed by atoms with van der Waals surface area (Å²) in [5, 5.41) is 10.5. The Morgan fingerprint density at radius 1 is 1.36 bits per heavy atom. The molecular formula is C19H27N3O3. The second-order valence-electron chi connectivity index (χ2n) is 6.68. The first-order chi connectivity index (χ1) is 12.2. The Kier molecular flexibility index (Phi) is 6.04. The molecule has 3 rings (SSSR count). The minimum absolute atomic E-state index is 0.229. The summed E-state index contributed by atoms with van der Waals surface area (Å²) >= 11 is 0. The molecule has 0 radical (unpaired) electrons. The van der Waals surface area contributed by atoms with Crippen LogP contribution in [0.4, 0.5) is 5.82 Å². The quantitative estimate of drug-likeness (QED) is 0.865. The second kappa shape index (κ2) is 8.45. The summed E-state index contributed by atoms with van der Waals surface area (Å²) in [4.78, 5) is 11.5. The Balaban J connectivity index is 1.82. The average molecular weight is 345 g/mol. The molecule has 0 saturated carbocycles. The molecule has 0 aliphatic carbocycles. The lowest BCUT2D eigenvalue weighted by atomic mass is 10.0. The molecule has 0 spiro atoms. The maximum atomic E-state index is 10.5. The number of ether oxygens (including phenoxy) is 1. The van der Waals surface area contributed by atoms with Gasteiger partial charge in [-0.1, -0.05) is 12.8 Å². The van der Waals surface area contributed by atoms with E-state index >= 15 is 0 Å². The molecule has 1 fully saturated rings. The summed E-state index contributed by atoms with van der Waals surface area (Å²) in [5.74, 6) is 2.26. The van der Waals surface area contributed by atoms with Crippen LogP contribution in [-0.4, -0.2) is 34.8 Å². The standard InChI is InChI=1S/C19H27N3O3/c1-14-11-19(21-18(20-14)13-24-2)22-9-5-3-4-7-15(22)12-16(23)17-8-6-10-25-17/h6,8,10-11,15-16,23H,3-5,7,9,12-13H2,1-2H3/t15-,16+/m0/s1. The molecule has 2 atom stereocenters. The molecule has 2 aromatic heterocycles. The number of rotatable bonds is 6. The van der Waals surface area contributed by atoms with Crippen molar-refractivity contribution in [1.82, 2.24) is 9.97 Å². The van der Waals surface area contributed by atoms with E-state index in [1.165, 1.54) is 12.8 Å². The zero-order chi connectivity index (χ0) is 17.6. The molecule has 136 valence electrons. The third-order valence-electron chi connectivity index (χ3n) is 4.70. The van der Waals surface area contributed by atoms with Gasteiger partial charge in [0.1, 0.15) is 24.3 Å². The molecule has 1 N–H and O–H groups in total. The fourth-order valence-electron chi connectivity index (χ4n) is 3.53. The van der Waals surface area contributed by atoms with Crippen LogP contribution in [0, 0.1) is 6.92 Å². The van der Waals surface area contributed by atoms with Gasteiger partial charge in [0.25, 0.3) is 0 Å². The highest BCUT2D eigenvalue weighted by Gasteiger charge is 2.26. The van der Waals surface area contributed by atoms with E-state index in [9.17, 15) is 5.11 Å². The van der Waals surface area contributed by atoms with Gasteiger partial charge in [-0.05, 0) is 31.9 Å². The van der Waals surface area contributed by atoms with Crippen molar-refractivity contribution in [1.29, 1.82) is 0 Å². The number of hydrogen-bond donors (Lipinski definition) is 1. The van der Waals surface area contributed by atoms with Gasteiger partial charge in [-0.15, -0.1) is 0 Å². The van der Waals surface area contributed by atoms with E-state index in [1.807, 2.05) is 25.1 Å². The molecule has 0 aromatic carbocycles. The summed E-state index contributed by atoms with van der Waals surface area (Å²) in [6.45, 7) is 3.33. The maximum Gasteiger partial charge on any atom is 0.156 e. The van der Waals surface area contributed by atoms with E-state index in [2.05, 4.69) is 9.88 Å². The summed E-state index contributed by atoms with van der Waals surface area (Å²) in [5.41, 5.74) is 0.937. The van der Waals surface area contributed by atoms with Crippen LogP contribution in [0.3, 0.4) is 0 Å². The molecule has 25 heavy (non-hydrogen) atoms. The molecule has 2 aromatic rings. The zero-order valence-corrected chi connectivity index (χ0v) is 15.0. The van der Waals surface area contributed by atoms with Gasteiger partial charge >= 0.3 is 0 Å². The number of nitrogens with zero attached hydrogens (tertiary/aromatic N) is 3. The van der Waals surface area contributed by atoms with Crippen LogP contribution in [-0.2, 0) is 11.3 Å². The normalized spacial score (nSPS) is 19.6. The van der Waals surface area contributed by atoms with Crippen molar-refractivity contribution >= 4 is 5.82 Å². The Bertz CT molecular complexity index is 660. The number of aromatic nitrogens is 2. The summed E-state index contributed by atoms with van der Waals surface area (Å²) in [6, 6.07) is 5.90. The highest BCUT2D eigenvalue weighted by atomic mass is 16.5. The van der Waals surface area contributed by atoms with Crippen molar-refractivity contribution in [3.63, 3.8) is 0 Å². The molecule has 1 aliphatic rings. The lowest BCUT2D eigenvalue weighted by molar-refractivity contribution is 0.129. The average Bonchev–Trinajstić information content (AvgIpc) is 3.02. The van der Waals surface area contributed by atoms with Crippen molar-refractivity contribution in [3.05, 3.63) is 41.7 Å². The molecule has 1 saturated heterocycles. The molecule has 0 amide bonds. The molecular weight excluding hydrogens is 318 g/mol. The van der Waals surface area contributed by atoms with Crippen molar-refractivity contribution in [2.45, 2.75) is 57.8 Å². The zero-order valence-electron chi connectivity index (χ0n) is 15.0. The van der Waals surface area contributed by atoms with Gasteiger partial charge in [-0.25, -0.2) is 9.97 Å². The van der Waals surface area contributed by atoms with E-state index < -0.39 is 6.10 Å². The first-order valence-corrected chi connectivity index (χ1v) is 8.99. The van der Waals surface area contributed by atoms with Gasteiger partial charge < -0.3 is 19.2 Å². The Hall–Kier alpha value is -1.92. The molecule has 0 unspecified atom stereocenters. The monoisotopic (exact) mass is 345 g/mol. The van der Waals surface area contributed by atoms with E-state index in [-0.39, 0.29) is 6.04 Å². The molecule has 6 heteroatoms. The van der Waals surface area contributed by atoms with Gasteiger partial charge in [0.15, 0.2) is 5.82 Å². The first kappa shape index (κ1) is 17.9. The highest BCUT2D eigenvalue weighted by Crippen LogP contribution is 2.29. The highest BCUT2D eigenvalue weighted by molar-refractivity contribution is 5.41. The fourth-order valence-corrected chi connectivity index (χ4v) is 3.53. The largest absolute Gasteiger partial charge is 0.467 e. The Morgan fingerprint density at radius 3 is 3.00 bits per heavy atom. The SMILES string of the molecule is COCc1nc(C)cc(N2CCCCC[C@H]2C[C@@H](O)c2ccco2)n1. The van der Waals surface area contributed by atoms with Crippen molar-refractivity contribution < 1.29 is 14.3 Å². The maximum absolute atomic E-state index is 10.5. The minimum atomic E-state index is -0.595. The number of hydrogen-bond acceptors (Lipinski definition) is 6.